The Balaban J connectivity index is 4.21. The van der Waals surface area contributed by atoms with Gasteiger partial charge in [-0.25, -0.2) is 9.59 Å². The molecule has 2 N–H and O–H groups in total. The monoisotopic (exact) mass is 288 g/mol. The molecule has 0 aromatic heterocycles. The summed E-state index contributed by atoms with van der Waals surface area (Å²) in [4.78, 5) is 33.6. The summed E-state index contributed by atoms with van der Waals surface area (Å²) in [6, 6.07) is 0. The summed E-state index contributed by atoms with van der Waals surface area (Å²) in [6.07, 6.45) is 0.139. The van der Waals surface area contributed by atoms with E-state index in [0.717, 1.165) is 6.08 Å². The van der Waals surface area contributed by atoms with Gasteiger partial charge in [-0.3, -0.25) is 4.79 Å². The summed E-state index contributed by atoms with van der Waals surface area (Å²) >= 11 is 0. The minimum atomic E-state index is -1.41. The summed E-state index contributed by atoms with van der Waals surface area (Å²) in [7, 11) is 0. The molecule has 0 bridgehead atoms. The standard InChI is InChI=1S/C13H20O7/c1-4-5-11(16)20-9(3)13(18)19-7-8(2)12(17)10(15)6-14/h4-5,8-9,12,14,17H,6-7H2,1-3H3/b5-4+. The molecule has 0 aliphatic rings. The molecule has 114 valence electrons. The van der Waals surface area contributed by atoms with Crippen LogP contribution in [-0.4, -0.2) is 53.4 Å². The van der Waals surface area contributed by atoms with Crippen LogP contribution in [0, 0.1) is 5.92 Å². The second kappa shape index (κ2) is 9.22. The average molecular weight is 288 g/mol. The van der Waals surface area contributed by atoms with E-state index in [9.17, 15) is 19.5 Å². The van der Waals surface area contributed by atoms with Crippen LogP contribution in [0.15, 0.2) is 12.2 Å². The number of aliphatic hydroxyl groups excluding tert-OH is 2. The van der Waals surface area contributed by atoms with Crippen LogP contribution in [0.5, 0.6) is 0 Å². The summed E-state index contributed by atoms with van der Waals surface area (Å²) in [5.41, 5.74) is 0. The number of rotatable bonds is 8. The van der Waals surface area contributed by atoms with Gasteiger partial charge in [0.05, 0.1) is 6.61 Å². The Morgan fingerprint density at radius 2 is 1.85 bits per heavy atom. The minimum absolute atomic E-state index is 0.225. The average Bonchev–Trinajstić information content (AvgIpc) is 2.42. The molecule has 20 heavy (non-hydrogen) atoms. The van der Waals surface area contributed by atoms with Crippen molar-refractivity contribution < 1.29 is 34.1 Å². The number of ether oxygens (including phenoxy) is 2. The van der Waals surface area contributed by atoms with Crippen molar-refractivity contribution in [3.63, 3.8) is 0 Å². The van der Waals surface area contributed by atoms with Crippen molar-refractivity contribution in [2.75, 3.05) is 13.2 Å². The molecule has 7 heteroatoms. The second-order valence-corrected chi connectivity index (χ2v) is 4.26. The Labute approximate surface area is 117 Å². The van der Waals surface area contributed by atoms with E-state index in [-0.39, 0.29) is 6.61 Å². The molecule has 0 amide bonds. The maximum absolute atomic E-state index is 11.5. The van der Waals surface area contributed by atoms with Crippen LogP contribution < -0.4 is 0 Å². The summed E-state index contributed by atoms with van der Waals surface area (Å²) in [6.45, 7) is 3.46. The van der Waals surface area contributed by atoms with Crippen LogP contribution in [0.1, 0.15) is 20.8 Å². The fourth-order valence-corrected chi connectivity index (χ4v) is 1.23. The minimum Gasteiger partial charge on any atom is -0.463 e. The first kappa shape index (κ1) is 18.3. The highest BCUT2D eigenvalue weighted by Gasteiger charge is 2.24. The molecule has 0 aliphatic heterocycles. The number of hydrogen-bond acceptors (Lipinski definition) is 7. The molecule has 0 aromatic rings. The third kappa shape index (κ3) is 6.44. The van der Waals surface area contributed by atoms with Crippen molar-refractivity contribution in [2.24, 2.45) is 5.92 Å². The molecule has 0 saturated heterocycles. The van der Waals surface area contributed by atoms with Crippen molar-refractivity contribution in [1.29, 1.82) is 0 Å². The molecule has 0 rings (SSSR count). The molecule has 0 fully saturated rings. The van der Waals surface area contributed by atoms with Crippen LogP contribution in [-0.2, 0) is 23.9 Å². The quantitative estimate of drug-likeness (QED) is 0.461. The first-order valence-electron chi connectivity index (χ1n) is 6.15. The van der Waals surface area contributed by atoms with Gasteiger partial charge in [-0.1, -0.05) is 13.0 Å². The predicted molar refractivity (Wildman–Crippen MR) is 68.6 cm³/mol. The van der Waals surface area contributed by atoms with Gasteiger partial charge in [0.1, 0.15) is 12.7 Å². The molecule has 0 aromatic carbocycles. The van der Waals surface area contributed by atoms with Gasteiger partial charge < -0.3 is 19.7 Å². The highest BCUT2D eigenvalue weighted by molar-refractivity contribution is 5.85. The zero-order chi connectivity index (χ0) is 15.7. The Bertz CT molecular complexity index is 375. The highest BCUT2D eigenvalue weighted by Crippen LogP contribution is 2.06. The van der Waals surface area contributed by atoms with Gasteiger partial charge in [0.2, 0.25) is 0 Å². The Hall–Kier alpha value is -1.73. The van der Waals surface area contributed by atoms with E-state index < -0.39 is 42.5 Å². The Morgan fingerprint density at radius 3 is 2.35 bits per heavy atom. The molecular formula is C13H20O7. The predicted octanol–water partition coefficient (Wildman–Crippen LogP) is -0.404. The number of esters is 2. The van der Waals surface area contributed by atoms with Crippen molar-refractivity contribution in [3.05, 3.63) is 12.2 Å². The van der Waals surface area contributed by atoms with Gasteiger partial charge in [0.15, 0.2) is 11.9 Å². The highest BCUT2D eigenvalue weighted by atomic mass is 16.6. The molecule has 0 saturated carbocycles. The maximum atomic E-state index is 11.5. The lowest BCUT2D eigenvalue weighted by Gasteiger charge is -2.18. The number of ketones is 1. The molecule has 7 nitrogen and oxygen atoms in total. The number of hydrogen-bond donors (Lipinski definition) is 2. The number of Topliss-reactive ketones (excluding diaryl/α,β-unsaturated/α-hetero) is 1. The van der Waals surface area contributed by atoms with Crippen molar-refractivity contribution in [2.45, 2.75) is 33.0 Å². The Morgan fingerprint density at radius 1 is 1.25 bits per heavy atom. The Kier molecular flexibility index (Phi) is 8.42. The topological polar surface area (TPSA) is 110 Å². The van der Waals surface area contributed by atoms with Gasteiger partial charge in [-0.05, 0) is 13.8 Å². The van der Waals surface area contributed by atoms with E-state index in [4.69, 9.17) is 14.6 Å². The molecule has 0 radical (unpaired) electrons. The fourth-order valence-electron chi connectivity index (χ4n) is 1.23. The normalized spacial score (nSPS) is 15.4. The van der Waals surface area contributed by atoms with Crippen LogP contribution >= 0.6 is 0 Å². The van der Waals surface area contributed by atoms with E-state index in [1.54, 1.807) is 6.92 Å². The van der Waals surface area contributed by atoms with Crippen molar-refractivity contribution in [1.82, 2.24) is 0 Å². The molecular weight excluding hydrogens is 268 g/mol. The van der Waals surface area contributed by atoms with Gasteiger partial charge in [-0.2, -0.15) is 0 Å². The van der Waals surface area contributed by atoms with Gasteiger partial charge in [0.25, 0.3) is 0 Å². The largest absolute Gasteiger partial charge is 0.463 e. The van der Waals surface area contributed by atoms with E-state index in [2.05, 4.69) is 0 Å². The second-order valence-electron chi connectivity index (χ2n) is 4.26. The first-order chi connectivity index (χ1) is 9.33. The third-order valence-corrected chi connectivity index (χ3v) is 2.44. The maximum Gasteiger partial charge on any atom is 0.347 e. The van der Waals surface area contributed by atoms with E-state index in [0.29, 0.717) is 0 Å². The van der Waals surface area contributed by atoms with E-state index in [1.807, 2.05) is 0 Å². The van der Waals surface area contributed by atoms with Gasteiger partial charge in [0, 0.05) is 12.0 Å². The van der Waals surface area contributed by atoms with Crippen LogP contribution in [0.2, 0.25) is 0 Å². The molecule has 0 heterocycles. The van der Waals surface area contributed by atoms with E-state index in [1.165, 1.54) is 19.9 Å². The van der Waals surface area contributed by atoms with Crippen LogP contribution in [0.4, 0.5) is 0 Å². The summed E-state index contributed by atoms with van der Waals surface area (Å²) < 4.78 is 9.57. The number of allylic oxidation sites excluding steroid dienone is 1. The number of carbonyl (C=O) groups is 3. The molecule has 3 atom stereocenters. The van der Waals surface area contributed by atoms with Crippen LogP contribution in [0.3, 0.4) is 0 Å². The SMILES string of the molecule is C/C=C/C(=O)OC(C)C(=O)OCC(C)C(O)C(=O)CO. The van der Waals surface area contributed by atoms with Gasteiger partial charge in [-0.15, -0.1) is 0 Å². The number of carbonyl (C=O) groups excluding carboxylic acids is 3. The first-order valence-corrected chi connectivity index (χ1v) is 6.15. The van der Waals surface area contributed by atoms with Crippen molar-refractivity contribution in [3.8, 4) is 0 Å². The summed E-state index contributed by atoms with van der Waals surface area (Å²) in [5.74, 6) is -2.86. The lowest BCUT2D eigenvalue weighted by Crippen LogP contribution is -2.34. The summed E-state index contributed by atoms with van der Waals surface area (Å²) in [5, 5.41) is 18.0. The van der Waals surface area contributed by atoms with Crippen molar-refractivity contribution >= 4 is 17.7 Å². The van der Waals surface area contributed by atoms with E-state index >= 15 is 0 Å². The molecule has 0 spiro atoms. The number of aliphatic hydroxyl groups is 2. The fraction of sp³-hybridized carbons (Fsp3) is 0.615. The van der Waals surface area contributed by atoms with Gasteiger partial charge >= 0.3 is 11.9 Å². The van der Waals surface area contributed by atoms with Crippen LogP contribution in [0.25, 0.3) is 0 Å². The zero-order valence-corrected chi connectivity index (χ0v) is 11.7. The lowest BCUT2D eigenvalue weighted by molar-refractivity contribution is -0.165. The third-order valence-electron chi connectivity index (χ3n) is 2.44. The molecule has 3 unspecified atom stereocenters. The molecule has 0 aliphatic carbocycles. The smallest absolute Gasteiger partial charge is 0.347 e. The zero-order valence-electron chi connectivity index (χ0n) is 11.7. The lowest BCUT2D eigenvalue weighted by atomic mass is 10.0.